The van der Waals surface area contributed by atoms with Crippen molar-refractivity contribution in [1.82, 2.24) is 4.57 Å². The maximum atomic E-state index is 12.6. The SMILES string of the molecule is CCOC(=O)c1ccc2c(c1)c(C(=O)c1ccco1)cn2CC. The molecule has 1 aromatic carbocycles. The smallest absolute Gasteiger partial charge is 0.338 e. The number of hydrogen-bond donors (Lipinski definition) is 0. The zero-order valence-electron chi connectivity index (χ0n) is 13.0. The summed E-state index contributed by atoms with van der Waals surface area (Å²) in [4.78, 5) is 24.6. The summed E-state index contributed by atoms with van der Waals surface area (Å²) in [6.45, 7) is 4.79. The van der Waals surface area contributed by atoms with Crippen molar-refractivity contribution in [2.45, 2.75) is 20.4 Å². The third-order valence-electron chi connectivity index (χ3n) is 3.72. The molecule has 0 amide bonds. The molecule has 2 aromatic heterocycles. The highest BCUT2D eigenvalue weighted by Gasteiger charge is 2.20. The quantitative estimate of drug-likeness (QED) is 0.533. The molecule has 0 atom stereocenters. The number of ether oxygens (including phenoxy) is 1. The monoisotopic (exact) mass is 311 g/mol. The van der Waals surface area contributed by atoms with Gasteiger partial charge in [-0.1, -0.05) is 0 Å². The minimum absolute atomic E-state index is 0.201. The largest absolute Gasteiger partial charge is 0.462 e. The van der Waals surface area contributed by atoms with Crippen LogP contribution >= 0.6 is 0 Å². The Hall–Kier alpha value is -2.82. The number of carbonyl (C=O) groups is 2. The molecule has 5 nitrogen and oxygen atoms in total. The second-order valence-electron chi connectivity index (χ2n) is 5.09. The lowest BCUT2D eigenvalue weighted by molar-refractivity contribution is 0.0526. The molecule has 3 aromatic rings. The van der Waals surface area contributed by atoms with Crippen LogP contribution in [-0.4, -0.2) is 22.9 Å². The summed E-state index contributed by atoms with van der Waals surface area (Å²) >= 11 is 0. The summed E-state index contributed by atoms with van der Waals surface area (Å²) in [6.07, 6.45) is 3.26. The average Bonchev–Trinajstić information content (AvgIpc) is 3.21. The van der Waals surface area contributed by atoms with E-state index in [4.69, 9.17) is 9.15 Å². The lowest BCUT2D eigenvalue weighted by Crippen LogP contribution is -2.04. The van der Waals surface area contributed by atoms with Gasteiger partial charge in [0.2, 0.25) is 5.78 Å². The maximum Gasteiger partial charge on any atom is 0.338 e. The van der Waals surface area contributed by atoms with E-state index >= 15 is 0 Å². The van der Waals surface area contributed by atoms with E-state index in [0.717, 1.165) is 17.4 Å². The predicted octanol–water partition coefficient (Wildman–Crippen LogP) is 3.66. The minimum Gasteiger partial charge on any atom is -0.462 e. The van der Waals surface area contributed by atoms with Crippen molar-refractivity contribution in [3.63, 3.8) is 0 Å². The first-order chi connectivity index (χ1) is 11.2. The highest BCUT2D eigenvalue weighted by Crippen LogP contribution is 2.26. The van der Waals surface area contributed by atoms with Crippen molar-refractivity contribution in [3.05, 3.63) is 59.7 Å². The summed E-state index contributed by atoms with van der Waals surface area (Å²) in [6, 6.07) is 8.57. The fourth-order valence-electron chi connectivity index (χ4n) is 2.62. The van der Waals surface area contributed by atoms with Gasteiger partial charge in [0.15, 0.2) is 5.76 Å². The van der Waals surface area contributed by atoms with Gasteiger partial charge in [0.25, 0.3) is 0 Å². The average molecular weight is 311 g/mol. The van der Waals surface area contributed by atoms with Crippen molar-refractivity contribution in [3.8, 4) is 0 Å². The molecule has 0 radical (unpaired) electrons. The Kier molecular flexibility index (Phi) is 4.02. The van der Waals surface area contributed by atoms with Gasteiger partial charge >= 0.3 is 5.97 Å². The zero-order chi connectivity index (χ0) is 16.4. The Labute approximate surface area is 133 Å². The molecular weight excluding hydrogens is 294 g/mol. The summed E-state index contributed by atoms with van der Waals surface area (Å²) in [5, 5.41) is 0.721. The molecule has 118 valence electrons. The third-order valence-corrected chi connectivity index (χ3v) is 3.72. The molecule has 0 spiro atoms. The Morgan fingerprint density at radius 2 is 2.04 bits per heavy atom. The molecule has 3 rings (SSSR count). The number of rotatable bonds is 5. The fraction of sp³-hybridized carbons (Fsp3) is 0.222. The lowest BCUT2D eigenvalue weighted by Gasteiger charge is -2.04. The van der Waals surface area contributed by atoms with Gasteiger partial charge in [-0.2, -0.15) is 0 Å². The van der Waals surface area contributed by atoms with Crippen LogP contribution in [-0.2, 0) is 11.3 Å². The second kappa shape index (κ2) is 6.12. The number of nitrogens with zero attached hydrogens (tertiary/aromatic N) is 1. The van der Waals surface area contributed by atoms with Crippen molar-refractivity contribution in [2.75, 3.05) is 6.61 Å². The number of hydrogen-bond acceptors (Lipinski definition) is 4. The van der Waals surface area contributed by atoms with E-state index in [2.05, 4.69) is 0 Å². The Balaban J connectivity index is 2.14. The predicted molar refractivity (Wildman–Crippen MR) is 85.7 cm³/mol. The molecule has 0 fully saturated rings. The summed E-state index contributed by atoms with van der Waals surface area (Å²) < 4.78 is 12.2. The Morgan fingerprint density at radius 3 is 2.70 bits per heavy atom. The molecular formula is C18H17NO4. The maximum absolute atomic E-state index is 12.6. The van der Waals surface area contributed by atoms with Crippen LogP contribution in [0.4, 0.5) is 0 Å². The van der Waals surface area contributed by atoms with Crippen LogP contribution < -0.4 is 0 Å². The number of ketones is 1. The van der Waals surface area contributed by atoms with Gasteiger partial charge in [-0.3, -0.25) is 4.79 Å². The van der Waals surface area contributed by atoms with Crippen molar-refractivity contribution >= 4 is 22.7 Å². The number of fused-ring (bicyclic) bond motifs is 1. The number of aryl methyl sites for hydroxylation is 1. The summed E-state index contributed by atoms with van der Waals surface area (Å²) in [5.41, 5.74) is 1.85. The lowest BCUT2D eigenvalue weighted by atomic mass is 10.1. The van der Waals surface area contributed by atoms with E-state index in [1.54, 1.807) is 37.4 Å². The van der Waals surface area contributed by atoms with Crippen LogP contribution in [0.1, 0.15) is 40.3 Å². The third kappa shape index (κ3) is 2.65. The normalized spacial score (nSPS) is 10.9. The fourth-order valence-corrected chi connectivity index (χ4v) is 2.62. The van der Waals surface area contributed by atoms with Crippen LogP contribution in [0.3, 0.4) is 0 Å². The molecule has 0 aliphatic carbocycles. The summed E-state index contributed by atoms with van der Waals surface area (Å²) in [5.74, 6) is -0.315. The van der Waals surface area contributed by atoms with Crippen molar-refractivity contribution in [2.24, 2.45) is 0 Å². The molecule has 0 bridgehead atoms. The van der Waals surface area contributed by atoms with Crippen LogP contribution in [0.25, 0.3) is 10.9 Å². The topological polar surface area (TPSA) is 61.4 Å². The molecule has 0 aliphatic heterocycles. The van der Waals surface area contributed by atoms with Gasteiger partial charge in [-0.15, -0.1) is 0 Å². The number of carbonyl (C=O) groups excluding carboxylic acids is 2. The molecule has 0 aliphatic rings. The van der Waals surface area contributed by atoms with E-state index in [1.807, 2.05) is 17.6 Å². The minimum atomic E-state index is -0.393. The van der Waals surface area contributed by atoms with E-state index in [1.165, 1.54) is 6.26 Å². The number of aromatic nitrogens is 1. The van der Waals surface area contributed by atoms with E-state index in [-0.39, 0.29) is 11.5 Å². The van der Waals surface area contributed by atoms with Crippen LogP contribution in [0.15, 0.2) is 47.2 Å². The van der Waals surface area contributed by atoms with E-state index in [0.29, 0.717) is 17.7 Å². The van der Waals surface area contributed by atoms with Gasteiger partial charge in [-0.05, 0) is 44.2 Å². The van der Waals surface area contributed by atoms with Gasteiger partial charge in [-0.25, -0.2) is 4.79 Å². The first-order valence-corrected chi connectivity index (χ1v) is 7.54. The molecule has 0 N–H and O–H groups in total. The van der Waals surface area contributed by atoms with Crippen LogP contribution in [0.5, 0.6) is 0 Å². The van der Waals surface area contributed by atoms with Gasteiger partial charge < -0.3 is 13.7 Å². The molecule has 23 heavy (non-hydrogen) atoms. The number of furan rings is 1. The summed E-state index contributed by atoms with van der Waals surface area (Å²) in [7, 11) is 0. The van der Waals surface area contributed by atoms with Gasteiger partial charge in [0.1, 0.15) is 0 Å². The second-order valence-corrected chi connectivity index (χ2v) is 5.09. The standard InChI is InChI=1S/C18H17NO4/c1-3-19-11-14(17(20)16-6-5-9-23-16)13-10-12(7-8-15(13)19)18(21)22-4-2/h5-11H,3-4H2,1-2H3. The van der Waals surface area contributed by atoms with Crippen LogP contribution in [0, 0.1) is 0 Å². The molecule has 0 saturated heterocycles. The Morgan fingerprint density at radius 1 is 1.22 bits per heavy atom. The highest BCUT2D eigenvalue weighted by molar-refractivity contribution is 6.15. The first-order valence-electron chi connectivity index (χ1n) is 7.54. The Bertz CT molecular complexity index is 859. The first kappa shape index (κ1) is 15.1. The van der Waals surface area contributed by atoms with Crippen molar-refractivity contribution in [1.29, 1.82) is 0 Å². The van der Waals surface area contributed by atoms with Gasteiger partial charge in [0.05, 0.1) is 24.0 Å². The number of benzene rings is 1. The zero-order valence-corrected chi connectivity index (χ0v) is 13.0. The highest BCUT2D eigenvalue weighted by atomic mass is 16.5. The number of esters is 1. The van der Waals surface area contributed by atoms with Gasteiger partial charge in [0, 0.05) is 23.6 Å². The molecule has 5 heteroatoms. The van der Waals surface area contributed by atoms with E-state index < -0.39 is 5.97 Å². The van der Waals surface area contributed by atoms with Crippen molar-refractivity contribution < 1.29 is 18.7 Å². The van der Waals surface area contributed by atoms with Crippen LogP contribution in [0.2, 0.25) is 0 Å². The molecule has 0 unspecified atom stereocenters. The van der Waals surface area contributed by atoms with E-state index in [9.17, 15) is 9.59 Å². The molecule has 0 saturated carbocycles. The molecule has 2 heterocycles.